The quantitative estimate of drug-likeness (QED) is 0.566. The molecule has 0 spiro atoms. The van der Waals surface area contributed by atoms with Crippen LogP contribution in [0.1, 0.15) is 30.4 Å². The summed E-state index contributed by atoms with van der Waals surface area (Å²) in [5, 5.41) is 5.57. The molecule has 3 rings (SSSR count). The second-order valence-corrected chi connectivity index (χ2v) is 6.70. The summed E-state index contributed by atoms with van der Waals surface area (Å²) in [4.78, 5) is 24.8. The summed E-state index contributed by atoms with van der Waals surface area (Å²) >= 11 is 0. The van der Waals surface area contributed by atoms with Crippen LogP contribution in [-0.4, -0.2) is 18.4 Å². The normalized spacial score (nSPS) is 14.5. The summed E-state index contributed by atoms with van der Waals surface area (Å²) < 4.78 is 13.6. The van der Waals surface area contributed by atoms with Gasteiger partial charge in [-0.15, -0.1) is 0 Å². The van der Waals surface area contributed by atoms with Crippen molar-refractivity contribution in [1.82, 2.24) is 10.6 Å². The minimum Gasteiger partial charge on any atom is -0.355 e. The molecule has 1 aliphatic carbocycles. The Bertz CT molecular complexity index is 773. The maximum absolute atomic E-state index is 13.6. The Hall–Kier alpha value is -2.69. The number of carbonyl (C=O) groups is 2. The fourth-order valence-electron chi connectivity index (χ4n) is 2.98. The van der Waals surface area contributed by atoms with Crippen molar-refractivity contribution >= 4 is 11.8 Å². The summed E-state index contributed by atoms with van der Waals surface area (Å²) in [5.74, 6) is -0.902. The Labute approximate surface area is 152 Å². The maximum atomic E-state index is 13.6. The molecule has 5 heteroatoms. The minimum absolute atomic E-state index is 0.0918. The van der Waals surface area contributed by atoms with Crippen LogP contribution in [0.2, 0.25) is 0 Å². The number of rotatable bonds is 8. The number of amides is 2. The zero-order chi connectivity index (χ0) is 18.4. The lowest BCUT2D eigenvalue weighted by atomic mass is 10.0. The van der Waals surface area contributed by atoms with E-state index in [4.69, 9.17) is 0 Å². The van der Waals surface area contributed by atoms with E-state index in [1.54, 1.807) is 18.2 Å². The first-order valence-corrected chi connectivity index (χ1v) is 8.96. The number of halogens is 1. The topological polar surface area (TPSA) is 58.2 Å². The molecular formula is C21H23FN2O2. The van der Waals surface area contributed by atoms with E-state index in [-0.39, 0.29) is 24.2 Å². The van der Waals surface area contributed by atoms with Crippen LogP contribution in [0, 0.1) is 11.2 Å². The van der Waals surface area contributed by atoms with E-state index in [1.165, 1.54) is 11.6 Å². The third kappa shape index (κ3) is 4.28. The molecule has 1 saturated carbocycles. The van der Waals surface area contributed by atoms with E-state index in [0.717, 1.165) is 12.8 Å². The molecule has 1 aliphatic rings. The summed E-state index contributed by atoms with van der Waals surface area (Å²) in [6.45, 7) is 0.630. The van der Waals surface area contributed by atoms with Crippen LogP contribution in [0.5, 0.6) is 0 Å². The van der Waals surface area contributed by atoms with Crippen molar-refractivity contribution in [3.05, 3.63) is 71.5 Å². The Balaban J connectivity index is 1.44. The van der Waals surface area contributed by atoms with Crippen LogP contribution in [0.15, 0.2) is 54.6 Å². The van der Waals surface area contributed by atoms with Crippen molar-refractivity contribution in [2.75, 3.05) is 6.54 Å². The van der Waals surface area contributed by atoms with Crippen molar-refractivity contribution in [3.63, 3.8) is 0 Å². The smallest absolute Gasteiger partial charge is 0.235 e. The van der Waals surface area contributed by atoms with Gasteiger partial charge in [0.05, 0.1) is 0 Å². The van der Waals surface area contributed by atoms with Crippen LogP contribution in [0.4, 0.5) is 4.39 Å². The van der Waals surface area contributed by atoms with Gasteiger partial charge in [-0.3, -0.25) is 9.59 Å². The van der Waals surface area contributed by atoms with Crippen molar-refractivity contribution < 1.29 is 14.0 Å². The van der Waals surface area contributed by atoms with Gasteiger partial charge in [0.15, 0.2) is 0 Å². The number of hydrogen-bond acceptors (Lipinski definition) is 2. The van der Waals surface area contributed by atoms with Gasteiger partial charge in [0, 0.05) is 18.7 Å². The molecule has 0 unspecified atom stereocenters. The minimum atomic E-state index is -0.974. The van der Waals surface area contributed by atoms with Gasteiger partial charge in [-0.2, -0.15) is 0 Å². The Morgan fingerprint density at radius 1 is 0.923 bits per heavy atom. The Morgan fingerprint density at radius 3 is 2.27 bits per heavy atom. The maximum Gasteiger partial charge on any atom is 0.235 e. The molecule has 4 nitrogen and oxygen atoms in total. The van der Waals surface area contributed by atoms with Crippen LogP contribution in [0.25, 0.3) is 0 Å². The van der Waals surface area contributed by atoms with E-state index >= 15 is 0 Å². The van der Waals surface area contributed by atoms with Gasteiger partial charge in [-0.25, -0.2) is 4.39 Å². The highest BCUT2D eigenvalue weighted by Crippen LogP contribution is 2.46. The van der Waals surface area contributed by atoms with Gasteiger partial charge in [-0.1, -0.05) is 48.5 Å². The predicted molar refractivity (Wildman–Crippen MR) is 97.7 cm³/mol. The van der Waals surface area contributed by atoms with Gasteiger partial charge in [0.2, 0.25) is 11.8 Å². The Morgan fingerprint density at radius 2 is 1.58 bits per heavy atom. The van der Waals surface area contributed by atoms with Crippen LogP contribution in [-0.2, 0) is 22.6 Å². The van der Waals surface area contributed by atoms with Crippen molar-refractivity contribution in [3.8, 4) is 0 Å². The largest absolute Gasteiger partial charge is 0.355 e. The SMILES string of the molecule is O=C(NCCCc1ccccc1)C1(C(=O)NCc2ccccc2F)CC1. The molecule has 2 aromatic rings. The zero-order valence-corrected chi connectivity index (χ0v) is 14.6. The van der Waals surface area contributed by atoms with Crippen LogP contribution >= 0.6 is 0 Å². The number of nitrogens with one attached hydrogen (secondary N) is 2. The zero-order valence-electron chi connectivity index (χ0n) is 14.6. The lowest BCUT2D eigenvalue weighted by Gasteiger charge is -2.15. The summed E-state index contributed by atoms with van der Waals surface area (Å²) in [5.41, 5.74) is 0.670. The summed E-state index contributed by atoms with van der Waals surface area (Å²) in [7, 11) is 0. The first-order valence-electron chi connectivity index (χ1n) is 8.96. The summed E-state index contributed by atoms with van der Waals surface area (Å²) in [6.07, 6.45) is 2.79. The first-order chi connectivity index (χ1) is 12.6. The lowest BCUT2D eigenvalue weighted by molar-refractivity contribution is -0.137. The van der Waals surface area contributed by atoms with Crippen LogP contribution < -0.4 is 10.6 Å². The highest BCUT2D eigenvalue weighted by atomic mass is 19.1. The molecule has 0 radical (unpaired) electrons. The van der Waals surface area contributed by atoms with Gasteiger partial charge < -0.3 is 10.6 Å². The number of carbonyl (C=O) groups excluding carboxylic acids is 2. The molecule has 0 aromatic heterocycles. The third-order valence-corrected chi connectivity index (χ3v) is 4.79. The highest BCUT2D eigenvalue weighted by Gasteiger charge is 2.56. The first kappa shape index (κ1) is 18.1. The molecule has 1 fully saturated rings. The number of aryl methyl sites for hydroxylation is 1. The van der Waals surface area contributed by atoms with Gasteiger partial charge in [0.25, 0.3) is 0 Å². The average Bonchev–Trinajstić information content (AvgIpc) is 3.47. The fraction of sp³-hybridized carbons (Fsp3) is 0.333. The Kier molecular flexibility index (Phi) is 5.66. The van der Waals surface area contributed by atoms with Gasteiger partial charge in [0.1, 0.15) is 11.2 Å². The van der Waals surface area contributed by atoms with E-state index < -0.39 is 5.41 Å². The second kappa shape index (κ2) is 8.13. The van der Waals surface area contributed by atoms with E-state index in [1.807, 2.05) is 18.2 Å². The predicted octanol–water partition coefficient (Wildman–Crippen LogP) is 2.97. The van der Waals surface area contributed by atoms with Crippen molar-refractivity contribution in [1.29, 1.82) is 0 Å². The fourth-order valence-corrected chi connectivity index (χ4v) is 2.98. The molecule has 0 saturated heterocycles. The molecule has 0 bridgehead atoms. The molecular weight excluding hydrogens is 331 g/mol. The highest BCUT2D eigenvalue weighted by molar-refractivity contribution is 6.07. The third-order valence-electron chi connectivity index (χ3n) is 4.79. The van der Waals surface area contributed by atoms with Crippen molar-refractivity contribution in [2.24, 2.45) is 5.41 Å². The molecule has 2 aromatic carbocycles. The van der Waals surface area contributed by atoms with Gasteiger partial charge in [-0.05, 0) is 37.3 Å². The van der Waals surface area contributed by atoms with E-state index in [9.17, 15) is 14.0 Å². The molecule has 136 valence electrons. The molecule has 0 heterocycles. The molecule has 2 N–H and O–H groups in total. The van der Waals surface area contributed by atoms with E-state index in [0.29, 0.717) is 24.9 Å². The standard InChI is InChI=1S/C21H23FN2O2/c22-18-11-5-4-10-17(18)15-24-20(26)21(12-13-21)19(25)23-14-6-9-16-7-2-1-3-8-16/h1-5,7-8,10-11H,6,9,12-15H2,(H,23,25)(H,24,26). The van der Waals surface area contributed by atoms with E-state index in [2.05, 4.69) is 22.8 Å². The van der Waals surface area contributed by atoms with Crippen molar-refractivity contribution in [2.45, 2.75) is 32.2 Å². The monoisotopic (exact) mass is 354 g/mol. The molecule has 26 heavy (non-hydrogen) atoms. The second-order valence-electron chi connectivity index (χ2n) is 6.70. The molecule has 0 aliphatic heterocycles. The van der Waals surface area contributed by atoms with Crippen LogP contribution in [0.3, 0.4) is 0 Å². The number of hydrogen-bond donors (Lipinski definition) is 2. The molecule has 0 atom stereocenters. The van der Waals surface area contributed by atoms with Gasteiger partial charge >= 0.3 is 0 Å². The average molecular weight is 354 g/mol. The number of benzene rings is 2. The lowest BCUT2D eigenvalue weighted by Crippen LogP contribution is -2.43. The molecule has 2 amide bonds. The summed E-state index contributed by atoms with van der Waals surface area (Å²) in [6, 6.07) is 16.4.